The number of rotatable bonds is 6. The summed E-state index contributed by atoms with van der Waals surface area (Å²) in [7, 11) is 5.46. The standard InChI is InChI=1S/C17H22N2O2/c1-18-16(12-8-4-6-10-14(12)20)17(19-2)13-9-5-7-11-15(13)21-3/h4-11,16-20H,1-3H3/t16-,17-/m0/s1. The summed E-state index contributed by atoms with van der Waals surface area (Å²) >= 11 is 0. The van der Waals surface area contributed by atoms with E-state index in [4.69, 9.17) is 4.74 Å². The zero-order valence-electron chi connectivity index (χ0n) is 12.6. The number of methoxy groups -OCH3 is 1. The van der Waals surface area contributed by atoms with E-state index in [2.05, 4.69) is 10.6 Å². The van der Waals surface area contributed by atoms with Crippen LogP contribution in [0.4, 0.5) is 0 Å². The van der Waals surface area contributed by atoms with Crippen LogP contribution in [0.3, 0.4) is 0 Å². The number of phenolic OH excluding ortho intramolecular Hbond substituents is 1. The van der Waals surface area contributed by atoms with Crippen molar-refractivity contribution in [2.24, 2.45) is 0 Å². The Labute approximate surface area is 125 Å². The molecule has 0 amide bonds. The molecule has 4 heteroatoms. The van der Waals surface area contributed by atoms with Crippen LogP contribution in [0.15, 0.2) is 48.5 Å². The zero-order chi connectivity index (χ0) is 15.2. The Hall–Kier alpha value is -2.04. The van der Waals surface area contributed by atoms with Crippen molar-refractivity contribution in [1.82, 2.24) is 10.6 Å². The van der Waals surface area contributed by atoms with Crippen molar-refractivity contribution in [3.05, 3.63) is 59.7 Å². The van der Waals surface area contributed by atoms with Crippen LogP contribution in [-0.2, 0) is 0 Å². The van der Waals surface area contributed by atoms with Crippen LogP contribution in [0.2, 0.25) is 0 Å². The van der Waals surface area contributed by atoms with Gasteiger partial charge in [-0.25, -0.2) is 0 Å². The van der Waals surface area contributed by atoms with E-state index < -0.39 is 0 Å². The van der Waals surface area contributed by atoms with Crippen LogP contribution >= 0.6 is 0 Å². The van der Waals surface area contributed by atoms with Gasteiger partial charge in [0.05, 0.1) is 19.2 Å². The van der Waals surface area contributed by atoms with Gasteiger partial charge >= 0.3 is 0 Å². The summed E-state index contributed by atoms with van der Waals surface area (Å²) in [6.45, 7) is 0. The lowest BCUT2D eigenvalue weighted by molar-refractivity contribution is 0.372. The van der Waals surface area contributed by atoms with Crippen LogP contribution in [0.1, 0.15) is 23.2 Å². The van der Waals surface area contributed by atoms with E-state index >= 15 is 0 Å². The van der Waals surface area contributed by atoms with Crippen molar-refractivity contribution in [3.8, 4) is 11.5 Å². The normalized spacial score (nSPS) is 13.7. The number of hydrogen-bond donors (Lipinski definition) is 3. The number of para-hydroxylation sites is 2. The molecule has 2 aromatic rings. The van der Waals surface area contributed by atoms with Crippen LogP contribution in [-0.4, -0.2) is 26.3 Å². The van der Waals surface area contributed by atoms with Gasteiger partial charge in [-0.05, 0) is 26.2 Å². The molecule has 21 heavy (non-hydrogen) atoms. The van der Waals surface area contributed by atoms with Crippen molar-refractivity contribution in [2.45, 2.75) is 12.1 Å². The molecule has 0 heterocycles. The number of aromatic hydroxyl groups is 1. The van der Waals surface area contributed by atoms with Crippen LogP contribution in [0, 0.1) is 0 Å². The number of benzene rings is 2. The fourth-order valence-corrected chi connectivity index (χ4v) is 2.68. The molecular formula is C17H22N2O2. The quantitative estimate of drug-likeness (QED) is 0.764. The molecule has 4 nitrogen and oxygen atoms in total. The summed E-state index contributed by atoms with van der Waals surface area (Å²) in [5, 5.41) is 16.7. The largest absolute Gasteiger partial charge is 0.508 e. The maximum Gasteiger partial charge on any atom is 0.123 e. The predicted molar refractivity (Wildman–Crippen MR) is 84.7 cm³/mol. The number of phenols is 1. The molecule has 0 spiro atoms. The highest BCUT2D eigenvalue weighted by Gasteiger charge is 2.26. The summed E-state index contributed by atoms with van der Waals surface area (Å²) < 4.78 is 5.46. The highest BCUT2D eigenvalue weighted by Crippen LogP contribution is 2.36. The maximum absolute atomic E-state index is 10.1. The molecule has 0 radical (unpaired) electrons. The number of ether oxygens (including phenoxy) is 1. The second-order valence-corrected chi connectivity index (χ2v) is 4.83. The molecule has 2 aromatic carbocycles. The number of hydrogen-bond acceptors (Lipinski definition) is 4. The van der Waals surface area contributed by atoms with Crippen molar-refractivity contribution in [2.75, 3.05) is 21.2 Å². The van der Waals surface area contributed by atoms with Gasteiger partial charge in [-0.15, -0.1) is 0 Å². The van der Waals surface area contributed by atoms with Crippen LogP contribution in [0.25, 0.3) is 0 Å². The number of nitrogens with one attached hydrogen (secondary N) is 2. The predicted octanol–water partition coefficient (Wildman–Crippen LogP) is 2.62. The highest BCUT2D eigenvalue weighted by atomic mass is 16.5. The second-order valence-electron chi connectivity index (χ2n) is 4.83. The lowest BCUT2D eigenvalue weighted by Gasteiger charge is -2.29. The van der Waals surface area contributed by atoms with Crippen molar-refractivity contribution in [1.29, 1.82) is 0 Å². The topological polar surface area (TPSA) is 53.5 Å². The Balaban J connectivity index is 2.45. The fourth-order valence-electron chi connectivity index (χ4n) is 2.68. The van der Waals surface area contributed by atoms with Crippen molar-refractivity contribution < 1.29 is 9.84 Å². The van der Waals surface area contributed by atoms with Crippen LogP contribution < -0.4 is 15.4 Å². The zero-order valence-corrected chi connectivity index (χ0v) is 12.6. The lowest BCUT2D eigenvalue weighted by Crippen LogP contribution is -2.32. The molecule has 2 rings (SSSR count). The molecule has 2 atom stereocenters. The van der Waals surface area contributed by atoms with Gasteiger partial charge in [-0.3, -0.25) is 0 Å². The van der Waals surface area contributed by atoms with Crippen molar-refractivity contribution in [3.63, 3.8) is 0 Å². The van der Waals surface area contributed by atoms with E-state index in [0.29, 0.717) is 0 Å². The first-order chi connectivity index (χ1) is 10.2. The molecule has 0 aliphatic carbocycles. The second kappa shape index (κ2) is 7.11. The SMILES string of the molecule is CN[C@@H](c1ccccc1O)[C@@H](NC)c1ccccc1OC. The molecule has 0 unspecified atom stereocenters. The number of likely N-dealkylation sites (N-methyl/N-ethyl adjacent to an activating group) is 2. The van der Waals surface area contributed by atoms with E-state index in [1.165, 1.54) is 0 Å². The summed E-state index contributed by atoms with van der Waals surface area (Å²) in [6.07, 6.45) is 0. The molecule has 0 aliphatic rings. The third kappa shape index (κ3) is 3.17. The molecule has 0 bridgehead atoms. The van der Waals surface area contributed by atoms with E-state index in [0.717, 1.165) is 16.9 Å². The Kier molecular flexibility index (Phi) is 5.20. The summed E-state index contributed by atoms with van der Waals surface area (Å²) in [5.41, 5.74) is 1.90. The van der Waals surface area contributed by atoms with E-state index in [9.17, 15) is 5.11 Å². The van der Waals surface area contributed by atoms with Gasteiger partial charge in [-0.2, -0.15) is 0 Å². The summed E-state index contributed by atoms with van der Waals surface area (Å²) in [4.78, 5) is 0. The van der Waals surface area contributed by atoms with Gasteiger partial charge in [0, 0.05) is 11.1 Å². The first kappa shape index (κ1) is 15.4. The smallest absolute Gasteiger partial charge is 0.123 e. The van der Waals surface area contributed by atoms with Gasteiger partial charge in [0.1, 0.15) is 11.5 Å². The Morgan fingerprint density at radius 3 is 1.95 bits per heavy atom. The van der Waals surface area contributed by atoms with Gasteiger partial charge in [0.25, 0.3) is 0 Å². The average molecular weight is 286 g/mol. The average Bonchev–Trinajstić information content (AvgIpc) is 2.53. The minimum absolute atomic E-state index is 0.0283. The third-order valence-electron chi connectivity index (χ3n) is 3.70. The van der Waals surface area contributed by atoms with Crippen LogP contribution in [0.5, 0.6) is 11.5 Å². The van der Waals surface area contributed by atoms with Gasteiger partial charge in [-0.1, -0.05) is 36.4 Å². The highest BCUT2D eigenvalue weighted by molar-refractivity contribution is 5.41. The van der Waals surface area contributed by atoms with Gasteiger partial charge in [0.15, 0.2) is 0 Å². The lowest BCUT2D eigenvalue weighted by atomic mass is 9.92. The van der Waals surface area contributed by atoms with E-state index in [-0.39, 0.29) is 17.8 Å². The Morgan fingerprint density at radius 2 is 1.38 bits per heavy atom. The first-order valence-corrected chi connectivity index (χ1v) is 6.98. The molecule has 0 saturated carbocycles. The monoisotopic (exact) mass is 286 g/mol. The Morgan fingerprint density at radius 1 is 0.857 bits per heavy atom. The molecule has 0 saturated heterocycles. The molecule has 0 fully saturated rings. The van der Waals surface area contributed by atoms with E-state index in [1.807, 2.05) is 56.6 Å². The summed E-state index contributed by atoms with van der Waals surface area (Å²) in [5.74, 6) is 1.11. The fraction of sp³-hybridized carbons (Fsp3) is 0.294. The van der Waals surface area contributed by atoms with Gasteiger partial charge < -0.3 is 20.5 Å². The summed E-state index contributed by atoms with van der Waals surface area (Å²) in [6, 6.07) is 15.2. The molecule has 0 aliphatic heterocycles. The molecule has 0 aromatic heterocycles. The van der Waals surface area contributed by atoms with Gasteiger partial charge in [0.2, 0.25) is 0 Å². The molecule has 112 valence electrons. The van der Waals surface area contributed by atoms with Crippen molar-refractivity contribution >= 4 is 0 Å². The Bertz CT molecular complexity index is 587. The first-order valence-electron chi connectivity index (χ1n) is 6.98. The van der Waals surface area contributed by atoms with E-state index in [1.54, 1.807) is 13.2 Å². The minimum atomic E-state index is -0.0764. The molecule has 3 N–H and O–H groups in total. The minimum Gasteiger partial charge on any atom is -0.508 e. The molecular weight excluding hydrogens is 264 g/mol. The maximum atomic E-state index is 10.1. The third-order valence-corrected chi connectivity index (χ3v) is 3.70.